The summed E-state index contributed by atoms with van der Waals surface area (Å²) in [6, 6.07) is 17.6. The second-order valence-corrected chi connectivity index (χ2v) is 8.86. The Morgan fingerprint density at radius 3 is 2.20 bits per heavy atom. The third-order valence-electron chi connectivity index (χ3n) is 6.39. The van der Waals surface area contributed by atoms with Gasteiger partial charge in [-0.15, -0.1) is 0 Å². The molecule has 0 atom stereocenters. The van der Waals surface area contributed by atoms with Gasteiger partial charge in [-0.1, -0.05) is 30.3 Å². The molecule has 0 amide bonds. The predicted octanol–water partition coefficient (Wildman–Crippen LogP) is 5.78. The Hall–Kier alpha value is -2.96. The SMILES string of the molecule is CC1(C)OB(c2cccc3c2Oc2cc4c(cc2O3)oc2ccccc24)OC1(C)C. The first kappa shape index (κ1) is 17.9. The van der Waals surface area contributed by atoms with Crippen LogP contribution in [0.25, 0.3) is 21.9 Å². The summed E-state index contributed by atoms with van der Waals surface area (Å²) < 4.78 is 31.0. The summed E-state index contributed by atoms with van der Waals surface area (Å²) in [6.07, 6.45) is 0. The fourth-order valence-electron chi connectivity index (χ4n) is 4.00. The lowest BCUT2D eigenvalue weighted by Gasteiger charge is -2.32. The lowest BCUT2D eigenvalue weighted by atomic mass is 9.78. The Morgan fingerprint density at radius 1 is 0.667 bits per heavy atom. The van der Waals surface area contributed by atoms with E-state index in [-0.39, 0.29) is 0 Å². The number of benzene rings is 3. The van der Waals surface area contributed by atoms with Gasteiger partial charge >= 0.3 is 7.12 Å². The van der Waals surface area contributed by atoms with Crippen LogP contribution in [0.5, 0.6) is 23.0 Å². The van der Waals surface area contributed by atoms with Crippen molar-refractivity contribution in [3.05, 3.63) is 54.6 Å². The summed E-state index contributed by atoms with van der Waals surface area (Å²) in [6.45, 7) is 8.15. The van der Waals surface area contributed by atoms with Crippen molar-refractivity contribution in [3.8, 4) is 23.0 Å². The third-order valence-corrected chi connectivity index (χ3v) is 6.39. The minimum Gasteiger partial charge on any atom is -0.456 e. The van der Waals surface area contributed by atoms with E-state index < -0.39 is 18.3 Å². The zero-order valence-electron chi connectivity index (χ0n) is 17.3. The van der Waals surface area contributed by atoms with Crippen molar-refractivity contribution >= 4 is 34.5 Å². The lowest BCUT2D eigenvalue weighted by molar-refractivity contribution is 0.00578. The summed E-state index contributed by atoms with van der Waals surface area (Å²) in [5, 5.41) is 2.04. The van der Waals surface area contributed by atoms with Gasteiger partial charge in [0, 0.05) is 22.3 Å². The zero-order chi connectivity index (χ0) is 20.7. The zero-order valence-corrected chi connectivity index (χ0v) is 17.3. The number of para-hydroxylation sites is 2. The molecule has 0 unspecified atom stereocenters. The van der Waals surface area contributed by atoms with Crippen molar-refractivity contribution in [2.75, 3.05) is 0 Å². The summed E-state index contributed by atoms with van der Waals surface area (Å²) in [5.41, 5.74) is 1.55. The molecule has 0 radical (unpaired) electrons. The number of rotatable bonds is 1. The van der Waals surface area contributed by atoms with Gasteiger partial charge in [0.25, 0.3) is 0 Å². The third kappa shape index (κ3) is 2.44. The molecular formula is C24H21BO5. The van der Waals surface area contributed by atoms with Crippen molar-refractivity contribution in [2.24, 2.45) is 0 Å². The maximum Gasteiger partial charge on any atom is 0.498 e. The highest BCUT2D eigenvalue weighted by atomic mass is 16.7. The van der Waals surface area contributed by atoms with Gasteiger partial charge in [-0.05, 0) is 45.9 Å². The molecule has 0 bridgehead atoms. The molecule has 1 fully saturated rings. The van der Waals surface area contributed by atoms with Gasteiger partial charge in [0.15, 0.2) is 23.0 Å². The first-order valence-corrected chi connectivity index (χ1v) is 10.1. The molecule has 2 aliphatic rings. The molecule has 4 aromatic rings. The quantitative estimate of drug-likeness (QED) is 0.334. The van der Waals surface area contributed by atoms with Crippen molar-refractivity contribution in [2.45, 2.75) is 38.9 Å². The lowest BCUT2D eigenvalue weighted by Crippen LogP contribution is -2.41. The average Bonchev–Trinajstić information content (AvgIpc) is 3.16. The highest BCUT2D eigenvalue weighted by molar-refractivity contribution is 6.63. The molecule has 6 rings (SSSR count). The van der Waals surface area contributed by atoms with Crippen LogP contribution in [0.2, 0.25) is 0 Å². The molecule has 0 spiro atoms. The number of fused-ring (bicyclic) bond motifs is 5. The first-order valence-electron chi connectivity index (χ1n) is 10.1. The Labute approximate surface area is 174 Å². The molecular weight excluding hydrogens is 379 g/mol. The second kappa shape index (κ2) is 5.81. The van der Waals surface area contributed by atoms with Gasteiger partial charge in [0.05, 0.1) is 11.2 Å². The molecule has 3 heterocycles. The van der Waals surface area contributed by atoms with Crippen LogP contribution in [0.1, 0.15) is 27.7 Å². The number of hydrogen-bond acceptors (Lipinski definition) is 5. The minimum absolute atomic E-state index is 0.435. The Bertz CT molecular complexity index is 1300. The molecule has 0 aliphatic carbocycles. The van der Waals surface area contributed by atoms with E-state index in [0.717, 1.165) is 27.4 Å². The van der Waals surface area contributed by atoms with Gasteiger partial charge in [-0.2, -0.15) is 0 Å². The van der Waals surface area contributed by atoms with Crippen LogP contribution in [0.15, 0.2) is 59.0 Å². The largest absolute Gasteiger partial charge is 0.498 e. The van der Waals surface area contributed by atoms with Gasteiger partial charge in [0.1, 0.15) is 11.2 Å². The van der Waals surface area contributed by atoms with E-state index in [4.69, 9.17) is 23.2 Å². The molecule has 30 heavy (non-hydrogen) atoms. The van der Waals surface area contributed by atoms with E-state index in [9.17, 15) is 0 Å². The van der Waals surface area contributed by atoms with Crippen LogP contribution in [0.3, 0.4) is 0 Å². The standard InChI is InChI=1S/C24H21BO5/c1-23(2)24(3,4)30-25(29-23)16-9-7-11-18-22(16)28-20-12-15-14-8-5-6-10-17(14)26-19(15)13-21(20)27-18/h5-13H,1-4H3. The molecule has 2 aliphatic heterocycles. The molecule has 150 valence electrons. The van der Waals surface area contributed by atoms with Crippen molar-refractivity contribution in [3.63, 3.8) is 0 Å². The number of hydrogen-bond donors (Lipinski definition) is 0. The summed E-state index contributed by atoms with van der Waals surface area (Å²) in [7, 11) is -0.534. The monoisotopic (exact) mass is 400 g/mol. The summed E-state index contributed by atoms with van der Waals surface area (Å²) in [5.74, 6) is 2.52. The Balaban J connectivity index is 1.45. The van der Waals surface area contributed by atoms with Gasteiger partial charge < -0.3 is 23.2 Å². The van der Waals surface area contributed by atoms with Crippen LogP contribution in [-0.2, 0) is 9.31 Å². The van der Waals surface area contributed by atoms with Crippen LogP contribution in [0, 0.1) is 0 Å². The highest BCUT2D eigenvalue weighted by Gasteiger charge is 2.53. The van der Waals surface area contributed by atoms with E-state index in [0.29, 0.717) is 23.0 Å². The summed E-state index contributed by atoms with van der Waals surface area (Å²) >= 11 is 0. The Kier molecular flexibility index (Phi) is 3.46. The van der Waals surface area contributed by atoms with Crippen molar-refractivity contribution < 1.29 is 23.2 Å². The second-order valence-electron chi connectivity index (χ2n) is 8.86. The number of ether oxygens (including phenoxy) is 2. The molecule has 0 N–H and O–H groups in total. The van der Waals surface area contributed by atoms with E-state index in [1.807, 2.05) is 82.3 Å². The van der Waals surface area contributed by atoms with Crippen molar-refractivity contribution in [1.29, 1.82) is 0 Å². The Morgan fingerprint density at radius 2 is 1.40 bits per heavy atom. The van der Waals surface area contributed by atoms with E-state index in [1.165, 1.54) is 0 Å². The maximum absolute atomic E-state index is 6.36. The molecule has 5 nitrogen and oxygen atoms in total. The van der Waals surface area contributed by atoms with Crippen LogP contribution < -0.4 is 14.9 Å². The van der Waals surface area contributed by atoms with Crippen LogP contribution in [0.4, 0.5) is 0 Å². The minimum atomic E-state index is -0.534. The van der Waals surface area contributed by atoms with Crippen LogP contribution in [-0.4, -0.2) is 18.3 Å². The van der Waals surface area contributed by atoms with E-state index >= 15 is 0 Å². The molecule has 6 heteroatoms. The topological polar surface area (TPSA) is 50.1 Å². The molecule has 1 saturated heterocycles. The highest BCUT2D eigenvalue weighted by Crippen LogP contribution is 2.48. The number of furan rings is 1. The smallest absolute Gasteiger partial charge is 0.456 e. The normalized spacial score (nSPS) is 18.7. The van der Waals surface area contributed by atoms with Gasteiger partial charge in [-0.3, -0.25) is 0 Å². The van der Waals surface area contributed by atoms with Gasteiger partial charge in [-0.25, -0.2) is 0 Å². The maximum atomic E-state index is 6.36. The first-order chi connectivity index (χ1) is 14.3. The fraction of sp³-hybridized carbons (Fsp3) is 0.250. The molecule has 0 saturated carbocycles. The van der Waals surface area contributed by atoms with Crippen LogP contribution >= 0.6 is 0 Å². The van der Waals surface area contributed by atoms with Crippen molar-refractivity contribution in [1.82, 2.24) is 0 Å². The van der Waals surface area contributed by atoms with Gasteiger partial charge in [0.2, 0.25) is 0 Å². The molecule has 1 aromatic heterocycles. The molecule has 3 aromatic carbocycles. The predicted molar refractivity (Wildman–Crippen MR) is 116 cm³/mol. The average molecular weight is 400 g/mol. The summed E-state index contributed by atoms with van der Waals surface area (Å²) in [4.78, 5) is 0. The van der Waals surface area contributed by atoms with E-state index in [1.54, 1.807) is 0 Å². The van der Waals surface area contributed by atoms with E-state index in [2.05, 4.69) is 0 Å². The fourth-order valence-corrected chi connectivity index (χ4v) is 4.00.